The van der Waals surface area contributed by atoms with Crippen molar-refractivity contribution in [3.63, 3.8) is 0 Å². The van der Waals surface area contributed by atoms with Gasteiger partial charge in [-0.25, -0.2) is 4.98 Å². The van der Waals surface area contributed by atoms with Gasteiger partial charge in [0.05, 0.1) is 23.7 Å². The number of hydrogen-bond acceptors (Lipinski definition) is 5. The number of hydrogen-bond donors (Lipinski definition) is 1. The van der Waals surface area contributed by atoms with E-state index in [1.807, 2.05) is 12.1 Å². The topological polar surface area (TPSA) is 80.4 Å². The Hall–Kier alpha value is -2.93. The molecule has 1 aliphatic carbocycles. The fourth-order valence-corrected chi connectivity index (χ4v) is 5.23. The molecule has 0 unspecified atom stereocenters. The van der Waals surface area contributed by atoms with Crippen molar-refractivity contribution in [1.29, 1.82) is 0 Å². The molecular formula is C26H32N4O3. The van der Waals surface area contributed by atoms with E-state index in [1.54, 1.807) is 29.0 Å². The number of rotatable bonds is 8. The first-order valence-corrected chi connectivity index (χ1v) is 12.3. The van der Waals surface area contributed by atoms with Crippen molar-refractivity contribution in [1.82, 2.24) is 19.8 Å². The molecule has 7 heteroatoms. The van der Waals surface area contributed by atoms with Gasteiger partial charge in [0.1, 0.15) is 11.6 Å². The summed E-state index contributed by atoms with van der Waals surface area (Å²) in [6, 6.07) is 9.79. The monoisotopic (exact) mass is 448 g/mol. The summed E-state index contributed by atoms with van der Waals surface area (Å²) in [6.45, 7) is 3.09. The van der Waals surface area contributed by atoms with E-state index in [2.05, 4.69) is 15.2 Å². The fraction of sp³-hybridized carbons (Fsp3) is 0.500. The molecule has 1 amide bonds. The average molecular weight is 449 g/mol. The van der Waals surface area contributed by atoms with Crippen molar-refractivity contribution in [3.05, 3.63) is 64.1 Å². The van der Waals surface area contributed by atoms with Gasteiger partial charge in [-0.2, -0.15) is 0 Å². The van der Waals surface area contributed by atoms with Crippen molar-refractivity contribution in [3.8, 4) is 0 Å². The molecule has 1 aliphatic heterocycles. The summed E-state index contributed by atoms with van der Waals surface area (Å²) in [5.41, 5.74) is 1.18. The lowest BCUT2D eigenvalue weighted by Crippen LogP contribution is -2.35. The van der Waals surface area contributed by atoms with E-state index in [0.717, 1.165) is 56.9 Å². The third kappa shape index (κ3) is 4.88. The number of nitrogens with zero attached hydrogens (tertiary/aromatic N) is 3. The van der Waals surface area contributed by atoms with Crippen molar-refractivity contribution >= 4 is 16.8 Å². The van der Waals surface area contributed by atoms with E-state index in [9.17, 15) is 9.59 Å². The van der Waals surface area contributed by atoms with Crippen LogP contribution in [0.5, 0.6) is 0 Å². The second-order valence-electron chi connectivity index (χ2n) is 9.27. The third-order valence-electron chi connectivity index (χ3n) is 7.02. The molecule has 174 valence electrons. The zero-order valence-electron chi connectivity index (χ0n) is 19.1. The van der Waals surface area contributed by atoms with Gasteiger partial charge in [-0.15, -0.1) is 0 Å². The minimum absolute atomic E-state index is 0.00483. The van der Waals surface area contributed by atoms with Crippen LogP contribution in [0.1, 0.15) is 66.9 Å². The highest BCUT2D eigenvalue weighted by atomic mass is 16.3. The van der Waals surface area contributed by atoms with Gasteiger partial charge >= 0.3 is 0 Å². The van der Waals surface area contributed by atoms with Crippen LogP contribution in [0.4, 0.5) is 0 Å². The summed E-state index contributed by atoms with van der Waals surface area (Å²) < 4.78 is 7.35. The highest BCUT2D eigenvalue weighted by molar-refractivity contribution is 5.97. The molecule has 1 N–H and O–H groups in total. The third-order valence-corrected chi connectivity index (χ3v) is 7.02. The summed E-state index contributed by atoms with van der Waals surface area (Å²) in [5, 5.41) is 3.63. The minimum atomic E-state index is -0.116. The van der Waals surface area contributed by atoms with Gasteiger partial charge in [-0.05, 0) is 62.4 Å². The molecule has 33 heavy (non-hydrogen) atoms. The van der Waals surface area contributed by atoms with Crippen LogP contribution in [-0.2, 0) is 19.5 Å². The van der Waals surface area contributed by atoms with E-state index < -0.39 is 0 Å². The smallest absolute Gasteiger partial charge is 0.261 e. The molecule has 2 aromatic heterocycles. The number of amides is 1. The maximum atomic E-state index is 12.8. The molecule has 7 nitrogen and oxygen atoms in total. The van der Waals surface area contributed by atoms with E-state index in [0.29, 0.717) is 29.1 Å². The van der Waals surface area contributed by atoms with Crippen molar-refractivity contribution in [2.45, 2.75) is 70.5 Å². The summed E-state index contributed by atoms with van der Waals surface area (Å²) in [7, 11) is 0. The Morgan fingerprint density at radius 2 is 2.06 bits per heavy atom. The maximum Gasteiger partial charge on any atom is 0.261 e. The zero-order valence-corrected chi connectivity index (χ0v) is 19.1. The molecule has 1 aromatic carbocycles. The fourth-order valence-electron chi connectivity index (χ4n) is 5.23. The minimum Gasteiger partial charge on any atom is -0.468 e. The van der Waals surface area contributed by atoms with Crippen LogP contribution in [0.15, 0.2) is 45.8 Å². The second-order valence-corrected chi connectivity index (χ2v) is 9.27. The van der Waals surface area contributed by atoms with E-state index in [1.165, 1.54) is 25.7 Å². The predicted molar refractivity (Wildman–Crippen MR) is 127 cm³/mol. The number of carbonyl (C=O) groups is 1. The van der Waals surface area contributed by atoms with E-state index in [4.69, 9.17) is 4.42 Å². The van der Waals surface area contributed by atoms with Crippen molar-refractivity contribution in [2.75, 3.05) is 13.1 Å². The summed E-state index contributed by atoms with van der Waals surface area (Å²) in [5.74, 6) is 1.71. The first-order valence-electron chi connectivity index (χ1n) is 12.3. The van der Waals surface area contributed by atoms with Crippen LogP contribution in [0.2, 0.25) is 0 Å². The molecule has 2 aliphatic rings. The molecule has 0 saturated heterocycles. The molecule has 1 saturated carbocycles. The van der Waals surface area contributed by atoms with Gasteiger partial charge in [0.2, 0.25) is 0 Å². The number of fused-ring (bicyclic) bond motifs is 2. The molecule has 5 rings (SSSR count). The SMILES string of the molecule is O=C(NCCCN(Cc1ccco1)C1CCCC1)c1ccc2c(=O)n3c(nc2c1)CCCC3. The Morgan fingerprint density at radius 3 is 2.88 bits per heavy atom. The quantitative estimate of drug-likeness (QED) is 0.529. The lowest BCUT2D eigenvalue weighted by Gasteiger charge is -2.28. The number of aromatic nitrogens is 2. The highest BCUT2D eigenvalue weighted by Crippen LogP contribution is 2.25. The Labute approximate surface area is 193 Å². The number of aryl methyl sites for hydroxylation is 1. The van der Waals surface area contributed by atoms with Crippen LogP contribution in [0.25, 0.3) is 10.9 Å². The molecular weight excluding hydrogens is 416 g/mol. The Morgan fingerprint density at radius 1 is 1.18 bits per heavy atom. The first-order chi connectivity index (χ1) is 16.2. The number of benzene rings is 1. The van der Waals surface area contributed by atoms with Crippen LogP contribution in [0.3, 0.4) is 0 Å². The van der Waals surface area contributed by atoms with Crippen LogP contribution < -0.4 is 10.9 Å². The molecule has 3 heterocycles. The molecule has 1 fully saturated rings. The van der Waals surface area contributed by atoms with Crippen molar-refractivity contribution in [2.24, 2.45) is 0 Å². The van der Waals surface area contributed by atoms with E-state index >= 15 is 0 Å². The maximum absolute atomic E-state index is 12.8. The highest BCUT2D eigenvalue weighted by Gasteiger charge is 2.23. The van der Waals surface area contributed by atoms with Gasteiger partial charge in [-0.3, -0.25) is 19.1 Å². The largest absolute Gasteiger partial charge is 0.468 e. The van der Waals surface area contributed by atoms with Gasteiger partial charge in [0, 0.05) is 37.7 Å². The number of furan rings is 1. The number of carbonyl (C=O) groups excluding carboxylic acids is 1. The molecule has 0 spiro atoms. The normalized spacial score (nSPS) is 16.4. The lowest BCUT2D eigenvalue weighted by molar-refractivity contribution is 0.0949. The van der Waals surface area contributed by atoms with E-state index in [-0.39, 0.29) is 11.5 Å². The predicted octanol–water partition coefficient (Wildman–Crippen LogP) is 3.89. The summed E-state index contributed by atoms with van der Waals surface area (Å²) in [4.78, 5) is 32.7. The summed E-state index contributed by atoms with van der Waals surface area (Å²) >= 11 is 0. The molecule has 0 atom stereocenters. The zero-order chi connectivity index (χ0) is 22.6. The van der Waals surface area contributed by atoms with Crippen LogP contribution >= 0.6 is 0 Å². The van der Waals surface area contributed by atoms with Gasteiger partial charge in [0.25, 0.3) is 11.5 Å². The van der Waals surface area contributed by atoms with Crippen LogP contribution in [0, 0.1) is 0 Å². The summed E-state index contributed by atoms with van der Waals surface area (Å²) in [6.07, 6.45) is 10.5. The molecule has 0 bridgehead atoms. The van der Waals surface area contributed by atoms with Crippen molar-refractivity contribution < 1.29 is 9.21 Å². The van der Waals surface area contributed by atoms with Gasteiger partial charge < -0.3 is 9.73 Å². The molecule has 0 radical (unpaired) electrons. The second kappa shape index (κ2) is 9.91. The molecule has 3 aromatic rings. The first kappa shape index (κ1) is 21.9. The van der Waals surface area contributed by atoms with Crippen LogP contribution in [-0.4, -0.2) is 39.5 Å². The lowest BCUT2D eigenvalue weighted by atomic mass is 10.1. The van der Waals surface area contributed by atoms with Gasteiger partial charge in [-0.1, -0.05) is 12.8 Å². The average Bonchev–Trinajstić information content (AvgIpc) is 3.55. The Kier molecular flexibility index (Phi) is 6.58. The Balaban J connectivity index is 1.20. The standard InChI is InChI=1S/C26H32N4O3/c31-25(19-11-12-22-23(17-19)28-24-10-3-4-15-30(24)26(22)32)27-13-6-14-29(20-7-1-2-8-20)18-21-9-5-16-33-21/h5,9,11-12,16-17,20H,1-4,6-8,10,13-15,18H2,(H,27,31). The van der Waals surface area contributed by atoms with Gasteiger partial charge in [0.15, 0.2) is 0 Å². The Bertz CT molecular complexity index is 1160. The number of nitrogens with one attached hydrogen (secondary N) is 1.